The fraction of sp³-hybridized carbons (Fsp3) is 0.200. The van der Waals surface area contributed by atoms with Gasteiger partial charge in [0.05, 0.1) is 0 Å². The first-order valence-electron chi connectivity index (χ1n) is 6.02. The quantitative estimate of drug-likeness (QED) is 0.911. The van der Waals surface area contributed by atoms with Crippen molar-refractivity contribution in [3.8, 4) is 11.5 Å². The highest BCUT2D eigenvalue weighted by atomic mass is 79.9. The van der Waals surface area contributed by atoms with E-state index in [0.29, 0.717) is 22.4 Å². The fourth-order valence-electron chi connectivity index (χ4n) is 1.83. The van der Waals surface area contributed by atoms with E-state index in [1.165, 1.54) is 12.1 Å². The summed E-state index contributed by atoms with van der Waals surface area (Å²) in [5.74, 6) is 0.829. The van der Waals surface area contributed by atoms with Gasteiger partial charge in [0.1, 0.15) is 17.3 Å². The molecule has 0 aliphatic carbocycles. The number of para-hydroxylation sites is 1. The van der Waals surface area contributed by atoms with Gasteiger partial charge in [0, 0.05) is 16.6 Å². The second-order valence-corrected chi connectivity index (χ2v) is 5.41. The van der Waals surface area contributed by atoms with Crippen molar-refractivity contribution in [1.29, 1.82) is 0 Å². The number of halogens is 2. The summed E-state index contributed by atoms with van der Waals surface area (Å²) < 4.78 is 19.7. The standard InChI is InChI=1S/C15H15BrFNO/c1-10(18)6-11-4-2-3-5-15(11)19-14-8-12(16)7-13(17)9-14/h2-5,7-10H,6,18H2,1H3. The number of nitrogens with two attached hydrogens (primary N) is 1. The topological polar surface area (TPSA) is 35.2 Å². The molecule has 0 aromatic heterocycles. The van der Waals surface area contributed by atoms with Crippen LogP contribution in [0.5, 0.6) is 11.5 Å². The number of hydrogen-bond donors (Lipinski definition) is 1. The van der Waals surface area contributed by atoms with Gasteiger partial charge in [0.15, 0.2) is 0 Å². The molecule has 0 saturated heterocycles. The molecule has 2 nitrogen and oxygen atoms in total. The molecule has 0 aliphatic rings. The van der Waals surface area contributed by atoms with Gasteiger partial charge in [-0.2, -0.15) is 0 Å². The SMILES string of the molecule is CC(N)Cc1ccccc1Oc1cc(F)cc(Br)c1. The Balaban J connectivity index is 2.27. The van der Waals surface area contributed by atoms with E-state index in [4.69, 9.17) is 10.5 Å². The van der Waals surface area contributed by atoms with E-state index >= 15 is 0 Å². The van der Waals surface area contributed by atoms with Crippen LogP contribution in [-0.4, -0.2) is 6.04 Å². The molecule has 0 heterocycles. The lowest BCUT2D eigenvalue weighted by Crippen LogP contribution is -2.18. The maximum Gasteiger partial charge on any atom is 0.131 e. The molecule has 19 heavy (non-hydrogen) atoms. The Labute approximate surface area is 120 Å². The van der Waals surface area contributed by atoms with Gasteiger partial charge in [-0.05, 0) is 37.1 Å². The monoisotopic (exact) mass is 323 g/mol. The molecule has 0 aliphatic heterocycles. The predicted octanol–water partition coefficient (Wildman–Crippen LogP) is 4.27. The van der Waals surface area contributed by atoms with Crippen molar-refractivity contribution in [2.45, 2.75) is 19.4 Å². The smallest absolute Gasteiger partial charge is 0.131 e. The van der Waals surface area contributed by atoms with Crippen LogP contribution in [0.2, 0.25) is 0 Å². The Morgan fingerprint density at radius 3 is 2.68 bits per heavy atom. The number of rotatable bonds is 4. The Kier molecular flexibility index (Phi) is 4.56. The molecule has 0 amide bonds. The van der Waals surface area contributed by atoms with E-state index in [2.05, 4.69) is 15.9 Å². The highest BCUT2D eigenvalue weighted by molar-refractivity contribution is 9.10. The van der Waals surface area contributed by atoms with Gasteiger partial charge in [-0.15, -0.1) is 0 Å². The second kappa shape index (κ2) is 6.17. The normalized spacial score (nSPS) is 12.2. The lowest BCUT2D eigenvalue weighted by atomic mass is 10.1. The molecule has 0 fully saturated rings. The molecule has 0 bridgehead atoms. The number of hydrogen-bond acceptors (Lipinski definition) is 2. The van der Waals surface area contributed by atoms with Crippen molar-refractivity contribution in [3.05, 3.63) is 58.3 Å². The summed E-state index contributed by atoms with van der Waals surface area (Å²) >= 11 is 3.25. The van der Waals surface area contributed by atoms with E-state index in [1.54, 1.807) is 6.07 Å². The summed E-state index contributed by atoms with van der Waals surface area (Å²) in [6, 6.07) is 12.2. The van der Waals surface area contributed by atoms with Crippen LogP contribution in [0.4, 0.5) is 4.39 Å². The lowest BCUT2D eigenvalue weighted by molar-refractivity contribution is 0.468. The molecule has 0 radical (unpaired) electrons. The van der Waals surface area contributed by atoms with Crippen LogP contribution >= 0.6 is 15.9 Å². The van der Waals surface area contributed by atoms with Gasteiger partial charge >= 0.3 is 0 Å². The molecule has 2 rings (SSSR count). The number of benzene rings is 2. The summed E-state index contributed by atoms with van der Waals surface area (Å²) in [5.41, 5.74) is 6.82. The van der Waals surface area contributed by atoms with Crippen LogP contribution < -0.4 is 10.5 Å². The summed E-state index contributed by atoms with van der Waals surface area (Å²) in [6.07, 6.45) is 0.715. The van der Waals surface area contributed by atoms with Crippen LogP contribution in [-0.2, 0) is 6.42 Å². The Bertz CT molecular complexity index is 552. The molecule has 2 N–H and O–H groups in total. The summed E-state index contributed by atoms with van der Waals surface area (Å²) in [6.45, 7) is 1.94. The summed E-state index contributed by atoms with van der Waals surface area (Å²) in [7, 11) is 0. The molecule has 0 saturated carbocycles. The van der Waals surface area contributed by atoms with Crippen LogP contribution in [0.15, 0.2) is 46.9 Å². The summed E-state index contributed by atoms with van der Waals surface area (Å²) in [4.78, 5) is 0. The van der Waals surface area contributed by atoms with E-state index in [-0.39, 0.29) is 11.9 Å². The first-order valence-corrected chi connectivity index (χ1v) is 6.81. The van der Waals surface area contributed by atoms with E-state index in [0.717, 1.165) is 5.56 Å². The third-order valence-corrected chi connectivity index (χ3v) is 3.04. The Morgan fingerprint density at radius 1 is 1.26 bits per heavy atom. The van der Waals surface area contributed by atoms with Crippen molar-refractivity contribution >= 4 is 15.9 Å². The highest BCUT2D eigenvalue weighted by Crippen LogP contribution is 2.28. The Morgan fingerprint density at radius 2 is 2.00 bits per heavy atom. The van der Waals surface area contributed by atoms with Crippen LogP contribution in [0.1, 0.15) is 12.5 Å². The van der Waals surface area contributed by atoms with Crippen molar-refractivity contribution in [2.24, 2.45) is 5.73 Å². The van der Waals surface area contributed by atoms with Gasteiger partial charge < -0.3 is 10.5 Å². The average molecular weight is 324 g/mol. The molecule has 100 valence electrons. The lowest BCUT2D eigenvalue weighted by Gasteiger charge is -2.13. The van der Waals surface area contributed by atoms with Crippen LogP contribution in [0, 0.1) is 5.82 Å². The minimum atomic E-state index is -0.339. The minimum absolute atomic E-state index is 0.0454. The van der Waals surface area contributed by atoms with Crippen molar-refractivity contribution in [1.82, 2.24) is 0 Å². The molecular weight excluding hydrogens is 309 g/mol. The van der Waals surface area contributed by atoms with Crippen molar-refractivity contribution in [2.75, 3.05) is 0 Å². The largest absolute Gasteiger partial charge is 0.457 e. The number of ether oxygens (including phenoxy) is 1. The fourth-order valence-corrected chi connectivity index (χ4v) is 2.28. The zero-order valence-corrected chi connectivity index (χ0v) is 12.2. The summed E-state index contributed by atoms with van der Waals surface area (Å²) in [5, 5.41) is 0. The maximum atomic E-state index is 13.3. The zero-order chi connectivity index (χ0) is 13.8. The maximum absolute atomic E-state index is 13.3. The molecule has 2 aromatic carbocycles. The van der Waals surface area contributed by atoms with Gasteiger partial charge in [-0.1, -0.05) is 34.1 Å². The van der Waals surface area contributed by atoms with Crippen molar-refractivity contribution in [3.63, 3.8) is 0 Å². The van der Waals surface area contributed by atoms with Gasteiger partial charge in [0.25, 0.3) is 0 Å². The van der Waals surface area contributed by atoms with Crippen molar-refractivity contribution < 1.29 is 9.13 Å². The molecule has 1 atom stereocenters. The second-order valence-electron chi connectivity index (χ2n) is 4.50. The average Bonchev–Trinajstić information content (AvgIpc) is 2.29. The van der Waals surface area contributed by atoms with E-state index in [1.807, 2.05) is 31.2 Å². The Hall–Kier alpha value is -1.39. The van der Waals surface area contributed by atoms with Gasteiger partial charge in [0.2, 0.25) is 0 Å². The van der Waals surface area contributed by atoms with E-state index < -0.39 is 0 Å². The molecular formula is C15H15BrFNO. The van der Waals surface area contributed by atoms with Gasteiger partial charge in [-0.3, -0.25) is 0 Å². The zero-order valence-electron chi connectivity index (χ0n) is 10.6. The highest BCUT2D eigenvalue weighted by Gasteiger charge is 2.08. The molecule has 2 aromatic rings. The molecule has 0 spiro atoms. The molecule has 1 unspecified atom stereocenters. The molecule has 4 heteroatoms. The van der Waals surface area contributed by atoms with Crippen LogP contribution in [0.3, 0.4) is 0 Å². The van der Waals surface area contributed by atoms with Gasteiger partial charge in [-0.25, -0.2) is 4.39 Å². The van der Waals surface area contributed by atoms with E-state index in [9.17, 15) is 4.39 Å². The predicted molar refractivity (Wildman–Crippen MR) is 78.0 cm³/mol. The minimum Gasteiger partial charge on any atom is -0.457 e. The first kappa shape index (κ1) is 14.0. The van der Waals surface area contributed by atoms with Crippen LogP contribution in [0.25, 0.3) is 0 Å². The third kappa shape index (κ3) is 4.04. The third-order valence-electron chi connectivity index (χ3n) is 2.58. The first-order chi connectivity index (χ1) is 9.04.